The van der Waals surface area contributed by atoms with Gasteiger partial charge in [-0.3, -0.25) is 9.59 Å². The number of aromatic nitrogens is 2. The van der Waals surface area contributed by atoms with Crippen LogP contribution in [0.5, 0.6) is 0 Å². The lowest BCUT2D eigenvalue weighted by Crippen LogP contribution is -2.33. The van der Waals surface area contributed by atoms with Crippen LogP contribution < -0.4 is 22.1 Å². The van der Waals surface area contributed by atoms with E-state index in [1.807, 2.05) is 20.8 Å². The number of amides is 2. The highest BCUT2D eigenvalue weighted by atomic mass is 32.1. The average molecular weight is 481 g/mol. The van der Waals surface area contributed by atoms with Crippen molar-refractivity contribution in [2.45, 2.75) is 84.8 Å². The van der Waals surface area contributed by atoms with Crippen molar-refractivity contribution in [3.05, 3.63) is 31.2 Å². The van der Waals surface area contributed by atoms with Crippen LogP contribution in [0.3, 0.4) is 0 Å². The number of carbonyl (C=O) groups is 2. The summed E-state index contributed by atoms with van der Waals surface area (Å²) in [5.41, 5.74) is 12.4. The van der Waals surface area contributed by atoms with Crippen LogP contribution in [-0.2, 0) is 6.42 Å². The molecule has 0 radical (unpaired) electrons. The summed E-state index contributed by atoms with van der Waals surface area (Å²) in [4.78, 5) is 35.3. The van der Waals surface area contributed by atoms with Crippen molar-refractivity contribution >= 4 is 34.5 Å². The number of unbranched alkanes of at least 4 members (excludes halogenated alkanes) is 1. The quantitative estimate of drug-likeness (QED) is 0.323. The Bertz CT molecular complexity index is 906. The molecule has 2 amide bonds. The lowest BCUT2D eigenvalue weighted by Gasteiger charge is -2.21. The zero-order valence-electron chi connectivity index (χ0n) is 19.7. The molecule has 8 nitrogen and oxygen atoms in total. The molecule has 2 aromatic heterocycles. The predicted molar refractivity (Wildman–Crippen MR) is 131 cm³/mol. The molecular formula is C22H36N6O2S2. The fourth-order valence-electron chi connectivity index (χ4n) is 3.56. The molecular weight excluding hydrogens is 444 g/mol. The highest BCUT2D eigenvalue weighted by Crippen LogP contribution is 2.28. The molecule has 2 rings (SSSR count). The minimum Gasteiger partial charge on any atom is -0.365 e. The first-order chi connectivity index (χ1) is 15.2. The summed E-state index contributed by atoms with van der Waals surface area (Å²) in [6, 6.07) is -0.149. The van der Waals surface area contributed by atoms with Crippen molar-refractivity contribution in [1.29, 1.82) is 0 Å². The number of thiazole rings is 2. The van der Waals surface area contributed by atoms with E-state index in [4.69, 9.17) is 16.5 Å². The number of carbonyl (C=O) groups excluding carboxylic acids is 2. The summed E-state index contributed by atoms with van der Waals surface area (Å²) in [5, 5.41) is 8.26. The largest absolute Gasteiger partial charge is 0.365 e. The number of hydrogen-bond donors (Lipinski definition) is 4. The van der Waals surface area contributed by atoms with Crippen molar-refractivity contribution in [1.82, 2.24) is 20.6 Å². The molecule has 2 aromatic rings. The van der Waals surface area contributed by atoms with E-state index >= 15 is 0 Å². The third-order valence-corrected chi connectivity index (χ3v) is 7.50. The molecule has 0 saturated heterocycles. The molecule has 2 heterocycles. The molecule has 6 N–H and O–H groups in total. The van der Waals surface area contributed by atoms with Gasteiger partial charge in [0.25, 0.3) is 11.8 Å². The molecule has 10 heteroatoms. The van der Waals surface area contributed by atoms with Crippen molar-refractivity contribution in [2.24, 2.45) is 11.5 Å². The lowest BCUT2D eigenvalue weighted by molar-refractivity contribution is 0.0936. The molecule has 0 saturated carbocycles. The van der Waals surface area contributed by atoms with Crippen LogP contribution in [-0.4, -0.2) is 34.4 Å². The van der Waals surface area contributed by atoms with Crippen molar-refractivity contribution < 1.29 is 9.59 Å². The number of nitrogens with one attached hydrogen (secondary N) is 2. The number of rotatable bonds is 13. The van der Waals surface area contributed by atoms with Crippen molar-refractivity contribution in [2.75, 3.05) is 6.54 Å². The van der Waals surface area contributed by atoms with Crippen molar-refractivity contribution in [3.63, 3.8) is 0 Å². The SMILES string of the molecule is CCC(CC)N[C@@H](C)c1nc(CCCCN)sc1C(=O)N[C@@H](C)c1nc(C)sc1C(N)=O. The van der Waals surface area contributed by atoms with E-state index in [1.54, 1.807) is 0 Å². The Labute approximate surface area is 198 Å². The molecule has 0 bridgehead atoms. The minimum atomic E-state index is -0.532. The van der Waals surface area contributed by atoms with Crippen LogP contribution in [0.1, 0.15) is 106 Å². The minimum absolute atomic E-state index is 0.0573. The van der Waals surface area contributed by atoms with E-state index in [9.17, 15) is 9.59 Å². The van der Waals surface area contributed by atoms with E-state index < -0.39 is 11.9 Å². The van der Waals surface area contributed by atoms with E-state index in [0.717, 1.165) is 47.8 Å². The van der Waals surface area contributed by atoms with Crippen LogP contribution >= 0.6 is 22.7 Å². The zero-order chi connectivity index (χ0) is 23.8. The molecule has 2 atom stereocenters. The Morgan fingerprint density at radius 1 is 1.00 bits per heavy atom. The topological polar surface area (TPSA) is 136 Å². The third kappa shape index (κ3) is 6.81. The van der Waals surface area contributed by atoms with Gasteiger partial charge in [0.15, 0.2) is 0 Å². The van der Waals surface area contributed by atoms with Gasteiger partial charge in [0.1, 0.15) is 9.75 Å². The smallest absolute Gasteiger partial charge is 0.263 e. The van der Waals surface area contributed by atoms with E-state index in [0.29, 0.717) is 28.0 Å². The second-order valence-electron chi connectivity index (χ2n) is 7.98. The predicted octanol–water partition coefficient (Wildman–Crippen LogP) is 3.62. The first-order valence-electron chi connectivity index (χ1n) is 11.2. The fourth-order valence-corrected chi connectivity index (χ4v) is 5.53. The fraction of sp³-hybridized carbons (Fsp3) is 0.636. The van der Waals surface area contributed by atoms with Crippen LogP contribution in [0, 0.1) is 6.92 Å². The number of nitrogens with two attached hydrogens (primary N) is 2. The summed E-state index contributed by atoms with van der Waals surface area (Å²) in [6.07, 6.45) is 4.67. The molecule has 178 valence electrons. The first kappa shape index (κ1) is 26.4. The standard InChI is InChI=1S/C22H36N6O2S2/c1-6-15(7-2)25-12(3)18-20(32-16(28-18)10-8-9-11-23)22(30)26-13(4)17-19(21(24)29)31-14(5)27-17/h12-13,15,25H,6-11,23H2,1-5H3,(H2,24,29)(H,26,30)/t12-,13-/m0/s1. The van der Waals surface area contributed by atoms with Gasteiger partial charge in [0, 0.05) is 12.1 Å². The summed E-state index contributed by atoms with van der Waals surface area (Å²) < 4.78 is 0. The molecule has 0 aliphatic carbocycles. The van der Waals surface area contributed by atoms with Gasteiger partial charge in [-0.15, -0.1) is 22.7 Å². The summed E-state index contributed by atoms with van der Waals surface area (Å²) >= 11 is 2.67. The molecule has 0 aromatic carbocycles. The second kappa shape index (κ2) is 12.4. The van der Waals surface area contributed by atoms with Gasteiger partial charge in [-0.1, -0.05) is 13.8 Å². The maximum absolute atomic E-state index is 13.3. The average Bonchev–Trinajstić information content (AvgIpc) is 3.36. The van der Waals surface area contributed by atoms with Gasteiger partial charge in [0.05, 0.1) is 27.4 Å². The Morgan fingerprint density at radius 3 is 2.25 bits per heavy atom. The van der Waals surface area contributed by atoms with Gasteiger partial charge < -0.3 is 22.1 Å². The van der Waals surface area contributed by atoms with Gasteiger partial charge >= 0.3 is 0 Å². The highest BCUT2D eigenvalue weighted by molar-refractivity contribution is 7.14. The molecule has 0 aliphatic heterocycles. The van der Waals surface area contributed by atoms with Gasteiger partial charge in [-0.2, -0.15) is 0 Å². The number of nitrogens with zero attached hydrogens (tertiary/aromatic N) is 2. The molecule has 0 spiro atoms. The summed E-state index contributed by atoms with van der Waals surface area (Å²) in [5.74, 6) is -0.746. The normalized spacial score (nSPS) is 13.3. The van der Waals surface area contributed by atoms with Gasteiger partial charge in [-0.05, 0) is 59.4 Å². The Morgan fingerprint density at radius 2 is 1.66 bits per heavy atom. The number of primary amides is 1. The van der Waals surface area contributed by atoms with Crippen molar-refractivity contribution in [3.8, 4) is 0 Å². The summed E-state index contributed by atoms with van der Waals surface area (Å²) in [7, 11) is 0. The number of aryl methyl sites for hydroxylation is 2. The zero-order valence-corrected chi connectivity index (χ0v) is 21.3. The maximum atomic E-state index is 13.3. The molecule has 32 heavy (non-hydrogen) atoms. The monoisotopic (exact) mass is 480 g/mol. The van der Waals surface area contributed by atoms with Gasteiger partial charge in [0.2, 0.25) is 0 Å². The van der Waals surface area contributed by atoms with E-state index in [2.05, 4.69) is 29.5 Å². The van der Waals surface area contributed by atoms with Crippen LogP contribution in [0.15, 0.2) is 0 Å². The maximum Gasteiger partial charge on any atom is 0.263 e. The Hall–Kier alpha value is -1.88. The van der Waals surface area contributed by atoms with Crippen LogP contribution in [0.25, 0.3) is 0 Å². The van der Waals surface area contributed by atoms with E-state index in [-0.39, 0.29) is 11.9 Å². The lowest BCUT2D eigenvalue weighted by atomic mass is 10.1. The molecule has 0 unspecified atom stereocenters. The first-order valence-corrected chi connectivity index (χ1v) is 12.9. The van der Waals surface area contributed by atoms with Gasteiger partial charge in [-0.25, -0.2) is 9.97 Å². The Kier molecular flexibility index (Phi) is 10.2. The molecule has 0 fully saturated rings. The Balaban J connectivity index is 2.28. The van der Waals surface area contributed by atoms with Crippen LogP contribution in [0.2, 0.25) is 0 Å². The number of hydrogen-bond acceptors (Lipinski definition) is 8. The molecule has 0 aliphatic rings. The summed E-state index contributed by atoms with van der Waals surface area (Å²) in [6.45, 7) is 10.6. The second-order valence-corrected chi connectivity index (χ2v) is 10.3. The highest BCUT2D eigenvalue weighted by Gasteiger charge is 2.26. The third-order valence-electron chi connectivity index (χ3n) is 5.37. The van der Waals surface area contributed by atoms with E-state index in [1.165, 1.54) is 22.7 Å². The van der Waals surface area contributed by atoms with Crippen LogP contribution in [0.4, 0.5) is 0 Å².